The van der Waals surface area contributed by atoms with E-state index in [4.69, 9.17) is 21.1 Å². The van der Waals surface area contributed by atoms with Crippen LogP contribution in [0.15, 0.2) is 0 Å². The number of hydrogen-bond acceptors (Lipinski definition) is 3. The second-order valence-electron chi connectivity index (χ2n) is 2.58. The molecule has 11 heavy (non-hydrogen) atoms. The average molecular weight is 179 g/mol. The van der Waals surface area contributed by atoms with Crippen LogP contribution < -0.4 is 0 Å². The Hall–Kier alpha value is -0.120. The first-order valence-electron chi connectivity index (χ1n) is 3.55. The summed E-state index contributed by atoms with van der Waals surface area (Å²) >= 11 is 5.52. The van der Waals surface area contributed by atoms with Crippen LogP contribution in [0.2, 0.25) is 0 Å². The molecule has 0 aromatic heterocycles. The van der Waals surface area contributed by atoms with E-state index in [1.807, 2.05) is 0 Å². The summed E-state index contributed by atoms with van der Waals surface area (Å²) in [5.41, 5.74) is 0. The maximum atomic E-state index is 10.6. The van der Waals surface area contributed by atoms with E-state index in [0.717, 1.165) is 0 Å². The number of hydrogen-bond donors (Lipinski definition) is 0. The van der Waals surface area contributed by atoms with Gasteiger partial charge in [-0.1, -0.05) is 0 Å². The Kier molecular flexibility index (Phi) is 3.30. The Balaban J connectivity index is 2.24. The van der Waals surface area contributed by atoms with E-state index < -0.39 is 0 Å². The Bertz CT molecular complexity index is 149. The van der Waals surface area contributed by atoms with E-state index in [0.29, 0.717) is 18.9 Å². The number of halogens is 1. The minimum atomic E-state index is -0.365. The van der Waals surface area contributed by atoms with E-state index in [1.54, 1.807) is 0 Å². The molecule has 4 heteroatoms. The van der Waals surface area contributed by atoms with Gasteiger partial charge in [0.2, 0.25) is 0 Å². The molecule has 2 unspecified atom stereocenters. The van der Waals surface area contributed by atoms with Gasteiger partial charge in [-0.3, -0.25) is 4.79 Å². The Morgan fingerprint density at radius 1 is 1.73 bits per heavy atom. The predicted molar refractivity (Wildman–Crippen MR) is 40.6 cm³/mol. The normalized spacial score (nSPS) is 30.7. The van der Waals surface area contributed by atoms with Crippen LogP contribution in [-0.2, 0) is 14.3 Å². The quantitative estimate of drug-likeness (QED) is 0.604. The van der Waals surface area contributed by atoms with Crippen molar-refractivity contribution in [2.45, 2.75) is 25.7 Å². The van der Waals surface area contributed by atoms with Crippen LogP contribution in [-0.4, -0.2) is 30.7 Å². The zero-order valence-electron chi connectivity index (χ0n) is 6.38. The molecule has 0 aliphatic carbocycles. The molecule has 1 aliphatic rings. The molecule has 0 amide bonds. The van der Waals surface area contributed by atoms with Gasteiger partial charge in [-0.05, 0) is 6.92 Å². The van der Waals surface area contributed by atoms with E-state index in [2.05, 4.69) is 0 Å². The summed E-state index contributed by atoms with van der Waals surface area (Å²) in [5, 5.41) is 0. The smallest absolute Gasteiger partial charge is 0.165 e. The molecule has 0 bridgehead atoms. The molecular formula is C7H11ClO3. The highest BCUT2D eigenvalue weighted by Gasteiger charge is 2.25. The van der Waals surface area contributed by atoms with Crippen molar-refractivity contribution >= 4 is 17.4 Å². The van der Waals surface area contributed by atoms with Crippen LogP contribution in [0.4, 0.5) is 0 Å². The van der Waals surface area contributed by atoms with Crippen LogP contribution in [0.3, 0.4) is 0 Å². The average Bonchev–Trinajstić information content (AvgIpc) is 2.34. The van der Waals surface area contributed by atoms with Crippen molar-refractivity contribution in [1.29, 1.82) is 0 Å². The second-order valence-corrected chi connectivity index (χ2v) is 2.89. The van der Waals surface area contributed by atoms with E-state index in [9.17, 15) is 4.79 Å². The van der Waals surface area contributed by atoms with Crippen molar-refractivity contribution < 1.29 is 14.3 Å². The third kappa shape index (κ3) is 2.77. The SMILES string of the molecule is CC(=O)CC1OCC(CCl)O1. The lowest BCUT2D eigenvalue weighted by Crippen LogP contribution is -2.15. The molecule has 0 radical (unpaired) electrons. The first kappa shape index (κ1) is 8.97. The van der Waals surface area contributed by atoms with Crippen LogP contribution in [0.25, 0.3) is 0 Å². The summed E-state index contributed by atoms with van der Waals surface area (Å²) in [5.74, 6) is 0.499. The summed E-state index contributed by atoms with van der Waals surface area (Å²) in [7, 11) is 0. The lowest BCUT2D eigenvalue weighted by atomic mass is 10.3. The number of carbonyl (C=O) groups excluding carboxylic acids is 1. The number of carbonyl (C=O) groups is 1. The second kappa shape index (κ2) is 4.04. The molecule has 1 heterocycles. The fraction of sp³-hybridized carbons (Fsp3) is 0.857. The van der Waals surface area contributed by atoms with Gasteiger partial charge in [0, 0.05) is 0 Å². The Morgan fingerprint density at radius 2 is 2.45 bits per heavy atom. The summed E-state index contributed by atoms with van der Waals surface area (Å²) in [6.07, 6.45) is -0.0785. The fourth-order valence-corrected chi connectivity index (χ4v) is 1.09. The van der Waals surface area contributed by atoms with Gasteiger partial charge in [-0.25, -0.2) is 0 Å². The van der Waals surface area contributed by atoms with Gasteiger partial charge < -0.3 is 9.47 Å². The summed E-state index contributed by atoms with van der Waals surface area (Å²) in [4.78, 5) is 10.6. The topological polar surface area (TPSA) is 35.5 Å². The summed E-state index contributed by atoms with van der Waals surface area (Å²) in [6, 6.07) is 0. The first-order chi connectivity index (χ1) is 5.22. The third-order valence-electron chi connectivity index (χ3n) is 1.44. The highest BCUT2D eigenvalue weighted by Crippen LogP contribution is 2.15. The molecule has 0 aromatic carbocycles. The highest BCUT2D eigenvalue weighted by molar-refractivity contribution is 6.18. The van der Waals surface area contributed by atoms with Crippen LogP contribution in [0, 0.1) is 0 Å². The minimum absolute atomic E-state index is 0.0407. The lowest BCUT2D eigenvalue weighted by Gasteiger charge is -2.06. The van der Waals surface area contributed by atoms with Crippen molar-refractivity contribution in [3.8, 4) is 0 Å². The van der Waals surface area contributed by atoms with Gasteiger partial charge in [0.05, 0.1) is 25.0 Å². The molecule has 1 saturated heterocycles. The molecule has 0 spiro atoms. The van der Waals surface area contributed by atoms with Crippen molar-refractivity contribution in [2.24, 2.45) is 0 Å². The highest BCUT2D eigenvalue weighted by atomic mass is 35.5. The van der Waals surface area contributed by atoms with Crippen molar-refractivity contribution in [3.05, 3.63) is 0 Å². The van der Waals surface area contributed by atoms with Gasteiger partial charge in [0.1, 0.15) is 5.78 Å². The van der Waals surface area contributed by atoms with Crippen LogP contribution in [0.1, 0.15) is 13.3 Å². The molecule has 1 aliphatic heterocycles. The van der Waals surface area contributed by atoms with Gasteiger partial charge in [-0.15, -0.1) is 11.6 Å². The fourth-order valence-electron chi connectivity index (χ4n) is 0.931. The summed E-state index contributed by atoms with van der Waals surface area (Å²) in [6.45, 7) is 2.02. The van der Waals surface area contributed by atoms with Gasteiger partial charge in [0.25, 0.3) is 0 Å². The van der Waals surface area contributed by atoms with Crippen LogP contribution in [0.5, 0.6) is 0 Å². The van der Waals surface area contributed by atoms with Crippen molar-refractivity contribution in [3.63, 3.8) is 0 Å². The molecule has 3 nitrogen and oxygen atoms in total. The maximum absolute atomic E-state index is 10.6. The molecule has 1 rings (SSSR count). The predicted octanol–water partition coefficient (Wildman–Crippen LogP) is 0.946. The molecule has 64 valence electrons. The molecule has 2 atom stereocenters. The van der Waals surface area contributed by atoms with Gasteiger partial charge in [-0.2, -0.15) is 0 Å². The van der Waals surface area contributed by atoms with Crippen LogP contribution >= 0.6 is 11.6 Å². The van der Waals surface area contributed by atoms with Gasteiger partial charge in [0.15, 0.2) is 6.29 Å². The number of Topliss-reactive ketones (excluding diaryl/α,β-unsaturated/α-hetero) is 1. The minimum Gasteiger partial charge on any atom is -0.349 e. The number of alkyl halides is 1. The molecule has 0 aromatic rings. The molecule has 1 fully saturated rings. The van der Waals surface area contributed by atoms with E-state index in [1.165, 1.54) is 6.92 Å². The van der Waals surface area contributed by atoms with Crippen molar-refractivity contribution in [2.75, 3.05) is 12.5 Å². The maximum Gasteiger partial charge on any atom is 0.165 e. The zero-order valence-corrected chi connectivity index (χ0v) is 7.13. The molecular weight excluding hydrogens is 168 g/mol. The number of rotatable bonds is 3. The summed E-state index contributed by atoms with van der Waals surface area (Å²) < 4.78 is 10.4. The largest absolute Gasteiger partial charge is 0.349 e. The third-order valence-corrected chi connectivity index (χ3v) is 1.78. The molecule has 0 N–H and O–H groups in total. The Morgan fingerprint density at radius 3 is 2.91 bits per heavy atom. The lowest BCUT2D eigenvalue weighted by molar-refractivity contribution is -0.126. The van der Waals surface area contributed by atoms with E-state index in [-0.39, 0.29) is 18.2 Å². The number of ketones is 1. The molecule has 0 saturated carbocycles. The first-order valence-corrected chi connectivity index (χ1v) is 4.08. The zero-order chi connectivity index (χ0) is 8.27. The number of ether oxygens (including phenoxy) is 2. The monoisotopic (exact) mass is 178 g/mol. The van der Waals surface area contributed by atoms with E-state index >= 15 is 0 Å². The Labute approximate surface area is 70.6 Å². The van der Waals surface area contributed by atoms with Crippen molar-refractivity contribution in [1.82, 2.24) is 0 Å². The standard InChI is InChI=1S/C7H11ClO3/c1-5(9)2-7-10-4-6(3-8)11-7/h6-7H,2-4H2,1H3. The van der Waals surface area contributed by atoms with Gasteiger partial charge >= 0.3 is 0 Å².